The van der Waals surface area contributed by atoms with Crippen molar-refractivity contribution in [3.8, 4) is 0 Å². The highest BCUT2D eigenvalue weighted by Gasteiger charge is 2.37. The highest BCUT2D eigenvalue weighted by atomic mass is 15.0. The molecule has 1 N–H and O–H groups in total. The number of hydrogen-bond acceptors (Lipinski definition) is 2. The van der Waals surface area contributed by atoms with Crippen LogP contribution >= 0.6 is 0 Å². The van der Waals surface area contributed by atoms with Gasteiger partial charge in [-0.05, 0) is 35.1 Å². The van der Waals surface area contributed by atoms with Crippen molar-refractivity contribution < 1.29 is 0 Å². The topological polar surface area (TPSA) is 24.9 Å². The second kappa shape index (κ2) is 3.31. The van der Waals surface area contributed by atoms with E-state index in [2.05, 4.69) is 29.0 Å². The van der Waals surface area contributed by atoms with E-state index in [0.29, 0.717) is 6.04 Å². The van der Waals surface area contributed by atoms with E-state index in [1.165, 1.54) is 24.1 Å². The average molecular weight is 198 g/mol. The molecule has 0 radical (unpaired) electrons. The van der Waals surface area contributed by atoms with Gasteiger partial charge in [0.15, 0.2) is 0 Å². The maximum atomic E-state index is 4.24. The third-order valence-electron chi connectivity index (χ3n) is 3.38. The van der Waals surface area contributed by atoms with Crippen LogP contribution in [0.4, 0.5) is 0 Å². The Morgan fingerprint density at radius 1 is 1.47 bits per heavy atom. The number of rotatable bonds is 2. The smallest absolute Gasteiger partial charge is 0.0367 e. The van der Waals surface area contributed by atoms with Gasteiger partial charge >= 0.3 is 0 Å². The maximum absolute atomic E-state index is 4.24. The molecule has 1 saturated heterocycles. The van der Waals surface area contributed by atoms with E-state index in [1.54, 1.807) is 0 Å². The summed E-state index contributed by atoms with van der Waals surface area (Å²) in [5, 5.41) is 3.47. The van der Waals surface area contributed by atoms with Crippen LogP contribution in [0.3, 0.4) is 0 Å². The van der Waals surface area contributed by atoms with Crippen molar-refractivity contribution in [1.29, 1.82) is 0 Å². The standard InChI is InChI=1S/C13H14N2/c1-2-9-5-11(7-14-6-9)12-4-3-10-8-15-13(10)12/h2,4-7,10,13,15H,1,3,8H2/t10-,13+/m1/s1. The average Bonchev–Trinajstić information content (AvgIpc) is 2.54. The molecule has 2 atom stereocenters. The lowest BCUT2D eigenvalue weighted by atomic mass is 9.88. The molecule has 1 fully saturated rings. The molecule has 3 rings (SSSR count). The van der Waals surface area contributed by atoms with Crippen molar-refractivity contribution in [2.75, 3.05) is 6.54 Å². The minimum Gasteiger partial charge on any atom is -0.309 e. The first-order valence-corrected chi connectivity index (χ1v) is 5.40. The normalized spacial score (nSPS) is 27.9. The van der Waals surface area contributed by atoms with Gasteiger partial charge in [0, 0.05) is 25.0 Å². The maximum Gasteiger partial charge on any atom is 0.0367 e. The molecule has 76 valence electrons. The van der Waals surface area contributed by atoms with Gasteiger partial charge in [0.1, 0.15) is 0 Å². The van der Waals surface area contributed by atoms with Gasteiger partial charge in [-0.3, -0.25) is 4.98 Å². The van der Waals surface area contributed by atoms with Crippen LogP contribution in [-0.4, -0.2) is 17.6 Å². The van der Waals surface area contributed by atoms with Crippen LogP contribution in [-0.2, 0) is 0 Å². The Balaban J connectivity index is 1.95. The van der Waals surface area contributed by atoms with E-state index in [0.717, 1.165) is 11.5 Å². The van der Waals surface area contributed by atoms with Crippen LogP contribution in [0, 0.1) is 5.92 Å². The fraction of sp³-hybridized carbons (Fsp3) is 0.308. The third-order valence-corrected chi connectivity index (χ3v) is 3.38. The van der Waals surface area contributed by atoms with Crippen LogP contribution in [0.2, 0.25) is 0 Å². The number of nitrogens with one attached hydrogen (secondary N) is 1. The minimum atomic E-state index is 0.576. The van der Waals surface area contributed by atoms with Crippen molar-refractivity contribution in [3.05, 3.63) is 42.2 Å². The lowest BCUT2D eigenvalue weighted by molar-refractivity contribution is 0.307. The van der Waals surface area contributed by atoms with Gasteiger partial charge in [0.05, 0.1) is 0 Å². The zero-order chi connectivity index (χ0) is 10.3. The summed E-state index contributed by atoms with van der Waals surface area (Å²) in [5.74, 6) is 0.826. The number of pyridine rings is 1. The molecule has 0 bridgehead atoms. The minimum absolute atomic E-state index is 0.576. The fourth-order valence-corrected chi connectivity index (χ4v) is 2.42. The second-order valence-corrected chi connectivity index (χ2v) is 4.25. The number of nitrogens with zero attached hydrogens (tertiary/aromatic N) is 1. The first-order valence-electron chi connectivity index (χ1n) is 5.40. The van der Waals surface area contributed by atoms with Crippen LogP contribution in [0.25, 0.3) is 11.6 Å². The van der Waals surface area contributed by atoms with Gasteiger partial charge in [-0.15, -0.1) is 0 Å². The number of fused-ring (bicyclic) bond motifs is 1. The Morgan fingerprint density at radius 3 is 3.07 bits per heavy atom. The summed E-state index contributed by atoms with van der Waals surface area (Å²) in [7, 11) is 0. The highest BCUT2D eigenvalue weighted by Crippen LogP contribution is 2.37. The molecule has 15 heavy (non-hydrogen) atoms. The van der Waals surface area contributed by atoms with Crippen LogP contribution in [0.5, 0.6) is 0 Å². The molecule has 1 aromatic heterocycles. The Labute approximate surface area is 89.7 Å². The number of aromatic nitrogens is 1. The molecule has 1 aliphatic carbocycles. The Hall–Kier alpha value is -1.41. The molecule has 2 aliphatic rings. The van der Waals surface area contributed by atoms with Crippen LogP contribution < -0.4 is 5.32 Å². The molecule has 2 heterocycles. The molecular weight excluding hydrogens is 184 g/mol. The van der Waals surface area contributed by atoms with Crippen molar-refractivity contribution in [1.82, 2.24) is 10.3 Å². The first kappa shape index (κ1) is 8.86. The van der Waals surface area contributed by atoms with Crippen molar-refractivity contribution in [3.63, 3.8) is 0 Å². The van der Waals surface area contributed by atoms with Gasteiger partial charge in [-0.25, -0.2) is 0 Å². The third kappa shape index (κ3) is 1.33. The Kier molecular flexibility index (Phi) is 1.96. The van der Waals surface area contributed by atoms with E-state index >= 15 is 0 Å². The van der Waals surface area contributed by atoms with E-state index in [1.807, 2.05) is 18.5 Å². The molecule has 0 unspecified atom stereocenters. The predicted molar refractivity (Wildman–Crippen MR) is 62.2 cm³/mol. The van der Waals surface area contributed by atoms with E-state index in [4.69, 9.17) is 0 Å². The molecule has 0 aromatic carbocycles. The zero-order valence-electron chi connectivity index (χ0n) is 8.61. The monoisotopic (exact) mass is 198 g/mol. The largest absolute Gasteiger partial charge is 0.309 e. The van der Waals surface area contributed by atoms with Gasteiger partial charge in [0.25, 0.3) is 0 Å². The van der Waals surface area contributed by atoms with E-state index in [9.17, 15) is 0 Å². The summed E-state index contributed by atoms with van der Waals surface area (Å²) in [4.78, 5) is 4.24. The second-order valence-electron chi connectivity index (χ2n) is 4.25. The van der Waals surface area contributed by atoms with Crippen LogP contribution in [0.1, 0.15) is 17.5 Å². The fourth-order valence-electron chi connectivity index (χ4n) is 2.42. The summed E-state index contributed by atoms with van der Waals surface area (Å²) in [5.41, 5.74) is 3.76. The molecular formula is C13H14N2. The molecule has 0 amide bonds. The van der Waals surface area contributed by atoms with Crippen LogP contribution in [0.15, 0.2) is 31.1 Å². The van der Waals surface area contributed by atoms with Gasteiger partial charge in [-0.1, -0.05) is 18.7 Å². The molecule has 0 saturated carbocycles. The first-order chi connectivity index (χ1) is 7.38. The molecule has 0 spiro atoms. The lowest BCUT2D eigenvalue weighted by Gasteiger charge is -2.34. The summed E-state index contributed by atoms with van der Waals surface area (Å²) in [6.45, 7) is 4.94. The van der Waals surface area contributed by atoms with Gasteiger partial charge in [-0.2, -0.15) is 0 Å². The predicted octanol–water partition coefficient (Wildman–Crippen LogP) is 2.10. The van der Waals surface area contributed by atoms with Crippen molar-refractivity contribution in [2.45, 2.75) is 12.5 Å². The van der Waals surface area contributed by atoms with Gasteiger partial charge in [0.2, 0.25) is 0 Å². The number of allylic oxidation sites excluding steroid dienone is 1. The summed E-state index contributed by atoms with van der Waals surface area (Å²) >= 11 is 0. The Bertz CT molecular complexity index is 434. The summed E-state index contributed by atoms with van der Waals surface area (Å²) < 4.78 is 0. The quantitative estimate of drug-likeness (QED) is 0.787. The van der Waals surface area contributed by atoms with Gasteiger partial charge < -0.3 is 5.32 Å². The molecule has 1 aliphatic heterocycles. The van der Waals surface area contributed by atoms with Crippen molar-refractivity contribution >= 4 is 11.6 Å². The summed E-state index contributed by atoms with van der Waals surface area (Å²) in [6, 6.07) is 2.74. The lowest BCUT2D eigenvalue weighted by Crippen LogP contribution is -2.50. The highest BCUT2D eigenvalue weighted by molar-refractivity contribution is 5.74. The molecule has 2 nitrogen and oxygen atoms in total. The number of hydrogen-bond donors (Lipinski definition) is 1. The van der Waals surface area contributed by atoms with E-state index in [-0.39, 0.29) is 0 Å². The molecule has 2 heteroatoms. The van der Waals surface area contributed by atoms with Crippen molar-refractivity contribution in [2.24, 2.45) is 5.92 Å². The Morgan fingerprint density at radius 2 is 2.40 bits per heavy atom. The summed E-state index contributed by atoms with van der Waals surface area (Å²) in [6.07, 6.45) is 9.20. The zero-order valence-corrected chi connectivity index (χ0v) is 8.61. The molecule has 1 aromatic rings. The van der Waals surface area contributed by atoms with E-state index < -0.39 is 0 Å². The SMILES string of the molecule is C=Cc1cncc(C2=CC[C@@H]3CN[C@H]23)c1.